The number of benzene rings is 3. The van der Waals surface area contributed by atoms with Gasteiger partial charge in [-0.1, -0.05) is 30.3 Å². The Balaban J connectivity index is 2.08. The standard InChI is InChI=1S/C20H16O3/c1-21-14-8-10-18(22-2)16(11-14)17-12-23-19-9-7-13-5-3-4-6-15(13)20(17)19/h3-12H,1-2H3. The Bertz CT molecular complexity index is 998. The normalized spacial score (nSPS) is 11.0. The summed E-state index contributed by atoms with van der Waals surface area (Å²) < 4.78 is 16.7. The molecule has 0 aliphatic rings. The molecule has 3 heteroatoms. The van der Waals surface area contributed by atoms with Gasteiger partial charge in [-0.25, -0.2) is 0 Å². The van der Waals surface area contributed by atoms with Gasteiger partial charge in [0.15, 0.2) is 0 Å². The Hall–Kier alpha value is -2.94. The van der Waals surface area contributed by atoms with Gasteiger partial charge in [-0.2, -0.15) is 0 Å². The first-order valence-corrected chi connectivity index (χ1v) is 7.43. The largest absolute Gasteiger partial charge is 0.497 e. The first-order valence-electron chi connectivity index (χ1n) is 7.43. The van der Waals surface area contributed by atoms with Crippen molar-refractivity contribution in [2.45, 2.75) is 0 Å². The second kappa shape index (κ2) is 5.36. The summed E-state index contributed by atoms with van der Waals surface area (Å²) >= 11 is 0. The van der Waals surface area contributed by atoms with Crippen molar-refractivity contribution in [2.75, 3.05) is 14.2 Å². The number of furan rings is 1. The van der Waals surface area contributed by atoms with Crippen LogP contribution < -0.4 is 9.47 Å². The lowest BCUT2D eigenvalue weighted by Crippen LogP contribution is -1.90. The average molecular weight is 304 g/mol. The van der Waals surface area contributed by atoms with Crippen LogP contribution in [0.5, 0.6) is 11.5 Å². The van der Waals surface area contributed by atoms with Gasteiger partial charge in [-0.05, 0) is 35.0 Å². The van der Waals surface area contributed by atoms with Crippen LogP contribution in [0.25, 0.3) is 32.9 Å². The minimum absolute atomic E-state index is 0.787. The van der Waals surface area contributed by atoms with Gasteiger partial charge < -0.3 is 13.9 Å². The van der Waals surface area contributed by atoms with Crippen LogP contribution in [0.3, 0.4) is 0 Å². The summed E-state index contributed by atoms with van der Waals surface area (Å²) in [6, 6.07) is 18.2. The molecule has 4 rings (SSSR count). The third-order valence-electron chi connectivity index (χ3n) is 4.16. The zero-order valence-corrected chi connectivity index (χ0v) is 13.0. The van der Waals surface area contributed by atoms with Gasteiger partial charge in [-0.15, -0.1) is 0 Å². The Kier molecular flexibility index (Phi) is 3.19. The predicted molar refractivity (Wildman–Crippen MR) is 92.3 cm³/mol. The van der Waals surface area contributed by atoms with E-state index in [1.54, 1.807) is 20.5 Å². The van der Waals surface area contributed by atoms with Crippen LogP contribution in [-0.4, -0.2) is 14.2 Å². The number of rotatable bonds is 3. The Morgan fingerprint density at radius 2 is 1.70 bits per heavy atom. The number of hydrogen-bond donors (Lipinski definition) is 0. The van der Waals surface area contributed by atoms with Crippen molar-refractivity contribution in [1.29, 1.82) is 0 Å². The molecule has 0 amide bonds. The average Bonchev–Trinajstić information content (AvgIpc) is 3.05. The lowest BCUT2D eigenvalue weighted by Gasteiger charge is -2.10. The third kappa shape index (κ3) is 2.13. The van der Waals surface area contributed by atoms with Gasteiger partial charge in [0.05, 0.1) is 20.5 Å². The second-order valence-corrected chi connectivity index (χ2v) is 5.38. The number of fused-ring (bicyclic) bond motifs is 3. The molecule has 1 heterocycles. The van der Waals surface area contributed by atoms with Crippen molar-refractivity contribution in [3.63, 3.8) is 0 Å². The first-order chi connectivity index (χ1) is 11.3. The fraction of sp³-hybridized carbons (Fsp3) is 0.100. The summed E-state index contributed by atoms with van der Waals surface area (Å²) in [5, 5.41) is 3.44. The molecular formula is C20H16O3. The molecule has 0 N–H and O–H groups in total. The van der Waals surface area contributed by atoms with E-state index >= 15 is 0 Å². The minimum atomic E-state index is 0.787. The lowest BCUT2D eigenvalue weighted by molar-refractivity contribution is 0.404. The summed E-state index contributed by atoms with van der Waals surface area (Å²) in [6.45, 7) is 0. The van der Waals surface area contributed by atoms with Crippen molar-refractivity contribution in [3.8, 4) is 22.6 Å². The van der Waals surface area contributed by atoms with E-state index in [4.69, 9.17) is 13.9 Å². The molecule has 3 aromatic carbocycles. The van der Waals surface area contributed by atoms with Crippen LogP contribution in [0.2, 0.25) is 0 Å². The molecule has 0 aliphatic heterocycles. The Labute approximate surface area is 134 Å². The molecule has 0 atom stereocenters. The number of methoxy groups -OCH3 is 2. The molecule has 0 fully saturated rings. The Morgan fingerprint density at radius 1 is 0.826 bits per heavy atom. The monoisotopic (exact) mass is 304 g/mol. The lowest BCUT2D eigenvalue weighted by atomic mass is 9.98. The van der Waals surface area contributed by atoms with Crippen molar-refractivity contribution in [3.05, 3.63) is 60.9 Å². The van der Waals surface area contributed by atoms with E-state index in [1.807, 2.05) is 36.4 Å². The van der Waals surface area contributed by atoms with Gasteiger partial charge in [0.2, 0.25) is 0 Å². The van der Waals surface area contributed by atoms with E-state index in [-0.39, 0.29) is 0 Å². The summed E-state index contributed by atoms with van der Waals surface area (Å²) in [6.07, 6.45) is 1.79. The summed E-state index contributed by atoms with van der Waals surface area (Å²) in [7, 11) is 3.33. The maximum Gasteiger partial charge on any atom is 0.135 e. The maximum absolute atomic E-state index is 5.79. The minimum Gasteiger partial charge on any atom is -0.497 e. The summed E-state index contributed by atoms with van der Waals surface area (Å²) in [5.41, 5.74) is 2.83. The van der Waals surface area contributed by atoms with Crippen LogP contribution in [0.4, 0.5) is 0 Å². The molecule has 0 bridgehead atoms. The fourth-order valence-corrected chi connectivity index (χ4v) is 3.03. The quantitative estimate of drug-likeness (QED) is 0.516. The molecule has 0 saturated heterocycles. The first kappa shape index (κ1) is 13.7. The van der Waals surface area contributed by atoms with Crippen LogP contribution in [0.15, 0.2) is 65.3 Å². The topological polar surface area (TPSA) is 31.6 Å². The summed E-state index contributed by atoms with van der Waals surface area (Å²) in [4.78, 5) is 0. The van der Waals surface area contributed by atoms with Crippen LogP contribution in [-0.2, 0) is 0 Å². The molecule has 0 radical (unpaired) electrons. The van der Waals surface area contributed by atoms with Crippen LogP contribution in [0, 0.1) is 0 Å². The van der Waals surface area contributed by atoms with Gasteiger partial charge in [-0.3, -0.25) is 0 Å². The molecular weight excluding hydrogens is 288 g/mol. The molecule has 23 heavy (non-hydrogen) atoms. The van der Waals surface area contributed by atoms with E-state index in [0.29, 0.717) is 0 Å². The highest BCUT2D eigenvalue weighted by molar-refractivity contribution is 6.13. The van der Waals surface area contributed by atoms with E-state index in [0.717, 1.165) is 33.6 Å². The van der Waals surface area contributed by atoms with E-state index in [1.165, 1.54) is 10.8 Å². The van der Waals surface area contributed by atoms with Gasteiger partial charge in [0, 0.05) is 16.5 Å². The number of hydrogen-bond acceptors (Lipinski definition) is 3. The molecule has 0 aliphatic carbocycles. The Morgan fingerprint density at radius 3 is 2.52 bits per heavy atom. The zero-order valence-electron chi connectivity index (χ0n) is 13.0. The third-order valence-corrected chi connectivity index (χ3v) is 4.16. The van der Waals surface area contributed by atoms with Crippen molar-refractivity contribution in [2.24, 2.45) is 0 Å². The van der Waals surface area contributed by atoms with E-state index < -0.39 is 0 Å². The molecule has 4 aromatic rings. The van der Waals surface area contributed by atoms with Crippen molar-refractivity contribution < 1.29 is 13.9 Å². The molecule has 1 aromatic heterocycles. The van der Waals surface area contributed by atoms with Crippen LogP contribution in [0.1, 0.15) is 0 Å². The van der Waals surface area contributed by atoms with E-state index in [2.05, 4.69) is 18.2 Å². The maximum atomic E-state index is 5.79. The SMILES string of the molecule is COc1ccc(OC)c(-c2coc3ccc4ccccc4c23)c1. The van der Waals surface area contributed by atoms with Crippen molar-refractivity contribution >= 4 is 21.7 Å². The van der Waals surface area contributed by atoms with Gasteiger partial charge in [0.25, 0.3) is 0 Å². The number of ether oxygens (including phenoxy) is 2. The van der Waals surface area contributed by atoms with E-state index in [9.17, 15) is 0 Å². The van der Waals surface area contributed by atoms with Crippen molar-refractivity contribution in [1.82, 2.24) is 0 Å². The molecule has 114 valence electrons. The van der Waals surface area contributed by atoms with Gasteiger partial charge >= 0.3 is 0 Å². The van der Waals surface area contributed by atoms with Gasteiger partial charge in [0.1, 0.15) is 17.1 Å². The smallest absolute Gasteiger partial charge is 0.135 e. The highest BCUT2D eigenvalue weighted by atomic mass is 16.5. The molecule has 0 saturated carbocycles. The highest BCUT2D eigenvalue weighted by Crippen LogP contribution is 2.41. The predicted octanol–water partition coefficient (Wildman–Crippen LogP) is 5.27. The van der Waals surface area contributed by atoms with Crippen LogP contribution >= 0.6 is 0 Å². The zero-order chi connectivity index (χ0) is 15.8. The second-order valence-electron chi connectivity index (χ2n) is 5.38. The highest BCUT2D eigenvalue weighted by Gasteiger charge is 2.15. The molecule has 0 unspecified atom stereocenters. The summed E-state index contributed by atoms with van der Waals surface area (Å²) in [5.74, 6) is 1.58. The molecule has 0 spiro atoms. The molecule has 3 nitrogen and oxygen atoms in total. The fourth-order valence-electron chi connectivity index (χ4n) is 3.03.